The molecule has 38 heavy (non-hydrogen) atoms. The van der Waals surface area contributed by atoms with Crippen molar-refractivity contribution in [3.8, 4) is 17.2 Å². The number of imidazole rings is 1. The topological polar surface area (TPSA) is 111 Å². The van der Waals surface area contributed by atoms with Crippen molar-refractivity contribution in [1.29, 1.82) is 0 Å². The molecule has 2 saturated heterocycles. The summed E-state index contributed by atoms with van der Waals surface area (Å²) in [6, 6.07) is 5.54. The second-order valence-electron chi connectivity index (χ2n) is 10.00. The van der Waals surface area contributed by atoms with E-state index in [2.05, 4.69) is 44.0 Å². The molecule has 2 N–H and O–H groups in total. The van der Waals surface area contributed by atoms with E-state index in [9.17, 15) is 4.39 Å². The highest BCUT2D eigenvalue weighted by Crippen LogP contribution is 2.33. The lowest BCUT2D eigenvalue weighted by Gasteiger charge is -2.34. The summed E-state index contributed by atoms with van der Waals surface area (Å²) >= 11 is 0. The van der Waals surface area contributed by atoms with E-state index in [1.807, 2.05) is 13.0 Å². The van der Waals surface area contributed by atoms with Gasteiger partial charge in [0.05, 0.1) is 42.2 Å². The predicted molar refractivity (Wildman–Crippen MR) is 143 cm³/mol. The Labute approximate surface area is 220 Å². The van der Waals surface area contributed by atoms with Gasteiger partial charge in [-0.3, -0.25) is 4.68 Å². The van der Waals surface area contributed by atoms with Crippen LogP contribution in [0, 0.1) is 19.8 Å². The number of anilines is 2. The van der Waals surface area contributed by atoms with Crippen LogP contribution >= 0.6 is 0 Å². The van der Waals surface area contributed by atoms with Crippen LogP contribution in [0.4, 0.5) is 16.2 Å². The number of halogens is 1. The number of hydrogen-bond acceptors (Lipinski definition) is 9. The van der Waals surface area contributed by atoms with Gasteiger partial charge in [0.1, 0.15) is 5.82 Å². The summed E-state index contributed by atoms with van der Waals surface area (Å²) in [5.41, 5.74) is 4.73. The second kappa shape index (κ2) is 9.91. The van der Waals surface area contributed by atoms with Crippen LogP contribution in [0.2, 0.25) is 0 Å². The lowest BCUT2D eigenvalue weighted by molar-refractivity contribution is 0.0985. The number of hydrogen-bond donors (Lipinski definition) is 2. The highest BCUT2D eigenvalue weighted by molar-refractivity contribution is 5.77. The standard InChI is InChI=1S/C26H33FN10O/c1-15-14-38-12-11-35(15)22-13-19(23-16(2)34-37(17(23)3)18-7-9-29-10-8-18)30-26(32-22)36-20-5-6-21(27)31-24(20)33-25(36)28-4/h5-6,13,15,18,29H,7-12,14H2,1-4H3,(H,28,31,33)/t15-/m1/s1. The van der Waals surface area contributed by atoms with Crippen molar-refractivity contribution in [2.75, 3.05) is 50.1 Å². The van der Waals surface area contributed by atoms with Crippen molar-refractivity contribution in [2.45, 2.75) is 45.7 Å². The lowest BCUT2D eigenvalue weighted by Crippen LogP contribution is -2.44. The maximum atomic E-state index is 13.9. The van der Waals surface area contributed by atoms with Gasteiger partial charge in [0, 0.05) is 30.9 Å². The van der Waals surface area contributed by atoms with Crippen LogP contribution in [0.15, 0.2) is 18.2 Å². The smallest absolute Gasteiger partial charge is 0.239 e. The van der Waals surface area contributed by atoms with E-state index >= 15 is 0 Å². The van der Waals surface area contributed by atoms with Gasteiger partial charge in [-0.2, -0.15) is 24.4 Å². The molecule has 200 valence electrons. The SMILES string of the molecule is CNc1nc2nc(F)ccc2n1-c1nc(-c2c(C)nn(C3CCNCC3)c2C)cc(N2CCOC[C@H]2C)n1. The molecular formula is C26H33FN10O. The molecular weight excluding hydrogens is 487 g/mol. The van der Waals surface area contributed by atoms with Crippen LogP contribution < -0.4 is 15.5 Å². The van der Waals surface area contributed by atoms with Crippen molar-refractivity contribution in [2.24, 2.45) is 0 Å². The number of nitrogens with zero attached hydrogens (tertiary/aromatic N) is 8. The molecule has 2 fully saturated rings. The van der Waals surface area contributed by atoms with Crippen molar-refractivity contribution in [3.63, 3.8) is 0 Å². The van der Waals surface area contributed by atoms with Gasteiger partial charge in [0.2, 0.25) is 17.8 Å². The maximum Gasteiger partial charge on any atom is 0.239 e. The average Bonchev–Trinajstić information content (AvgIpc) is 3.44. The van der Waals surface area contributed by atoms with Crippen molar-refractivity contribution in [1.82, 2.24) is 39.6 Å². The van der Waals surface area contributed by atoms with Crippen LogP contribution in [-0.2, 0) is 4.74 Å². The molecule has 4 aromatic heterocycles. The minimum atomic E-state index is -0.584. The monoisotopic (exact) mass is 520 g/mol. The Morgan fingerprint density at radius 3 is 2.68 bits per heavy atom. The summed E-state index contributed by atoms with van der Waals surface area (Å²) in [5.74, 6) is 1.13. The molecule has 0 amide bonds. The summed E-state index contributed by atoms with van der Waals surface area (Å²) in [5, 5.41) is 11.5. The minimum absolute atomic E-state index is 0.151. The highest BCUT2D eigenvalue weighted by atomic mass is 19.1. The lowest BCUT2D eigenvalue weighted by atomic mass is 10.1. The van der Waals surface area contributed by atoms with Gasteiger partial charge in [0.25, 0.3) is 0 Å². The molecule has 2 aliphatic heterocycles. The summed E-state index contributed by atoms with van der Waals surface area (Å²) in [6.07, 6.45) is 2.09. The van der Waals surface area contributed by atoms with E-state index in [1.54, 1.807) is 17.7 Å². The van der Waals surface area contributed by atoms with Crippen molar-refractivity contribution >= 4 is 22.9 Å². The Balaban J connectivity index is 1.55. The molecule has 0 aromatic carbocycles. The second-order valence-corrected chi connectivity index (χ2v) is 10.00. The van der Waals surface area contributed by atoms with Crippen LogP contribution in [0.3, 0.4) is 0 Å². The van der Waals surface area contributed by atoms with Crippen LogP contribution in [0.1, 0.15) is 37.2 Å². The Kier molecular flexibility index (Phi) is 6.44. The Hall–Kier alpha value is -3.64. The first-order chi connectivity index (χ1) is 18.4. The molecule has 2 aliphatic rings. The van der Waals surface area contributed by atoms with E-state index in [-0.39, 0.29) is 11.7 Å². The number of aryl methyl sites for hydroxylation is 1. The van der Waals surface area contributed by atoms with Gasteiger partial charge < -0.3 is 20.3 Å². The van der Waals surface area contributed by atoms with Crippen molar-refractivity contribution < 1.29 is 9.13 Å². The van der Waals surface area contributed by atoms with Gasteiger partial charge in [-0.25, -0.2) is 9.55 Å². The van der Waals surface area contributed by atoms with E-state index in [1.165, 1.54) is 6.07 Å². The zero-order valence-corrected chi connectivity index (χ0v) is 22.2. The third-order valence-corrected chi connectivity index (χ3v) is 7.51. The Morgan fingerprint density at radius 2 is 1.92 bits per heavy atom. The molecule has 0 bridgehead atoms. The van der Waals surface area contributed by atoms with Gasteiger partial charge in [-0.1, -0.05) is 0 Å². The van der Waals surface area contributed by atoms with Crippen LogP contribution in [0.5, 0.6) is 0 Å². The summed E-state index contributed by atoms with van der Waals surface area (Å²) < 4.78 is 23.6. The molecule has 11 nitrogen and oxygen atoms in total. The molecule has 6 heterocycles. The first-order valence-electron chi connectivity index (χ1n) is 13.2. The predicted octanol–water partition coefficient (Wildman–Crippen LogP) is 3.02. The normalized spacial score (nSPS) is 18.9. The number of nitrogens with one attached hydrogen (secondary N) is 2. The summed E-state index contributed by atoms with van der Waals surface area (Å²) in [4.78, 5) is 20.8. The van der Waals surface area contributed by atoms with Gasteiger partial charge >= 0.3 is 0 Å². The highest BCUT2D eigenvalue weighted by Gasteiger charge is 2.27. The van der Waals surface area contributed by atoms with E-state index < -0.39 is 5.95 Å². The largest absolute Gasteiger partial charge is 0.377 e. The molecule has 0 spiro atoms. The Morgan fingerprint density at radius 1 is 1.11 bits per heavy atom. The van der Waals surface area contributed by atoms with Gasteiger partial charge in [0.15, 0.2) is 5.65 Å². The third-order valence-electron chi connectivity index (χ3n) is 7.51. The number of aromatic nitrogens is 7. The molecule has 4 aromatic rings. The first-order valence-corrected chi connectivity index (χ1v) is 13.2. The molecule has 0 unspecified atom stereocenters. The number of morpholine rings is 1. The molecule has 0 saturated carbocycles. The molecule has 1 atom stereocenters. The number of ether oxygens (including phenoxy) is 1. The number of pyridine rings is 1. The maximum absolute atomic E-state index is 13.9. The third kappa shape index (κ3) is 4.27. The zero-order valence-electron chi connectivity index (χ0n) is 22.2. The van der Waals surface area contributed by atoms with Crippen LogP contribution in [0.25, 0.3) is 28.4 Å². The van der Waals surface area contributed by atoms with Crippen LogP contribution in [-0.4, -0.2) is 80.2 Å². The molecule has 12 heteroatoms. The van der Waals surface area contributed by atoms with Crippen molar-refractivity contribution in [3.05, 3.63) is 35.5 Å². The molecule has 0 radical (unpaired) electrons. The quantitative estimate of drug-likeness (QED) is 0.384. The summed E-state index contributed by atoms with van der Waals surface area (Å²) in [6.45, 7) is 10.2. The average molecular weight is 521 g/mol. The fraction of sp³-hybridized carbons (Fsp3) is 0.500. The minimum Gasteiger partial charge on any atom is -0.377 e. The van der Waals surface area contributed by atoms with E-state index in [0.717, 1.165) is 60.9 Å². The zero-order chi connectivity index (χ0) is 26.4. The fourth-order valence-corrected chi connectivity index (χ4v) is 5.61. The van der Waals surface area contributed by atoms with E-state index in [0.29, 0.717) is 36.7 Å². The van der Waals surface area contributed by atoms with Gasteiger partial charge in [-0.05, 0) is 58.8 Å². The number of fused-ring (bicyclic) bond motifs is 1. The number of rotatable bonds is 5. The fourth-order valence-electron chi connectivity index (χ4n) is 5.61. The Bertz CT molecular complexity index is 1470. The molecule has 0 aliphatic carbocycles. The van der Waals surface area contributed by atoms with Gasteiger partial charge in [-0.15, -0.1) is 0 Å². The number of piperidine rings is 1. The molecule has 6 rings (SSSR count). The van der Waals surface area contributed by atoms with E-state index in [4.69, 9.17) is 19.8 Å². The first kappa shape index (κ1) is 24.7. The summed E-state index contributed by atoms with van der Waals surface area (Å²) in [7, 11) is 1.76.